The Kier molecular flexibility index (Phi) is 2.27. The van der Waals surface area contributed by atoms with Gasteiger partial charge in [-0.2, -0.15) is 0 Å². The molecule has 1 aliphatic heterocycles. The second-order valence-electron chi connectivity index (χ2n) is 5.80. The summed E-state index contributed by atoms with van der Waals surface area (Å²) in [4.78, 5) is 23.7. The minimum Gasteiger partial charge on any atom is -0.372 e. The van der Waals surface area contributed by atoms with Crippen molar-refractivity contribution in [2.45, 2.75) is 38.6 Å². The second kappa shape index (κ2) is 3.56. The third-order valence-corrected chi connectivity index (χ3v) is 3.85. The summed E-state index contributed by atoms with van der Waals surface area (Å²) in [6, 6.07) is 2.53. The molecule has 2 heterocycles. The zero-order valence-electron chi connectivity index (χ0n) is 11.0. The van der Waals surface area contributed by atoms with E-state index in [2.05, 4.69) is 0 Å². The molecule has 0 aliphatic carbocycles. The van der Waals surface area contributed by atoms with Crippen LogP contribution >= 0.6 is 0 Å². The highest BCUT2D eigenvalue weighted by atomic mass is 19.1. The normalized spacial score (nSPS) is 20.7. The van der Waals surface area contributed by atoms with Crippen molar-refractivity contribution in [1.82, 2.24) is 4.57 Å². The lowest BCUT2D eigenvalue weighted by molar-refractivity contribution is 0.255. The van der Waals surface area contributed by atoms with E-state index in [9.17, 15) is 14.0 Å². The highest BCUT2D eigenvalue weighted by Crippen LogP contribution is 2.39. The molecule has 0 amide bonds. The van der Waals surface area contributed by atoms with Gasteiger partial charge in [-0.25, -0.2) is 14.0 Å². The van der Waals surface area contributed by atoms with Crippen LogP contribution in [0.3, 0.4) is 0 Å². The predicted octanol–water partition coefficient (Wildman–Crippen LogP) is 2.34. The Hall–Kier alpha value is -1.91. The topological polar surface area (TPSA) is 52.2 Å². The first-order valence-electron chi connectivity index (χ1n) is 6.21. The summed E-state index contributed by atoms with van der Waals surface area (Å²) < 4.78 is 19.8. The summed E-state index contributed by atoms with van der Waals surface area (Å²) in [5, 5.41) is 0.134. The maximum atomic E-state index is 13.6. The van der Waals surface area contributed by atoms with Crippen LogP contribution in [0.25, 0.3) is 10.9 Å². The maximum absolute atomic E-state index is 13.6. The van der Waals surface area contributed by atoms with Gasteiger partial charge in [0, 0.05) is 5.54 Å². The first-order valence-corrected chi connectivity index (χ1v) is 6.21. The Morgan fingerprint density at radius 1 is 1.37 bits per heavy atom. The van der Waals surface area contributed by atoms with Gasteiger partial charge in [0.05, 0.1) is 10.9 Å². The lowest BCUT2D eigenvalue weighted by Gasteiger charge is -2.36. The Morgan fingerprint density at radius 3 is 2.74 bits per heavy atom. The Labute approximate surface area is 108 Å². The van der Waals surface area contributed by atoms with E-state index in [1.807, 2.05) is 20.8 Å². The molecule has 1 aliphatic rings. The molecule has 0 N–H and O–H groups in total. The van der Waals surface area contributed by atoms with Crippen molar-refractivity contribution < 1.29 is 8.81 Å². The number of aromatic nitrogens is 1. The molecule has 100 valence electrons. The molecule has 4 nitrogen and oxygen atoms in total. The van der Waals surface area contributed by atoms with Crippen molar-refractivity contribution in [2.75, 3.05) is 0 Å². The van der Waals surface area contributed by atoms with Gasteiger partial charge in [0.15, 0.2) is 0 Å². The molecular formula is C14H14FNO3. The summed E-state index contributed by atoms with van der Waals surface area (Å²) >= 11 is 0. The quantitative estimate of drug-likeness (QED) is 0.733. The fourth-order valence-electron chi connectivity index (χ4n) is 3.17. The molecule has 0 spiro atoms. The van der Waals surface area contributed by atoms with Crippen LogP contribution in [0.15, 0.2) is 26.1 Å². The molecule has 0 saturated carbocycles. The minimum atomic E-state index is -0.776. The van der Waals surface area contributed by atoms with E-state index in [-0.39, 0.29) is 11.3 Å². The zero-order chi connectivity index (χ0) is 13.9. The van der Waals surface area contributed by atoms with E-state index in [0.29, 0.717) is 17.5 Å². The molecule has 0 saturated heterocycles. The Bertz CT molecular complexity index is 801. The summed E-state index contributed by atoms with van der Waals surface area (Å²) in [5.41, 5.74) is -0.0378. The average molecular weight is 263 g/mol. The van der Waals surface area contributed by atoms with Gasteiger partial charge in [-0.15, -0.1) is 0 Å². The molecule has 0 unspecified atom stereocenters. The van der Waals surface area contributed by atoms with Crippen molar-refractivity contribution in [3.05, 3.63) is 44.5 Å². The summed E-state index contributed by atoms with van der Waals surface area (Å²) in [6.07, 6.45) is 0.687. The van der Waals surface area contributed by atoms with Crippen molar-refractivity contribution in [3.63, 3.8) is 0 Å². The molecular weight excluding hydrogens is 249 g/mol. The van der Waals surface area contributed by atoms with E-state index in [1.165, 1.54) is 10.6 Å². The number of nitrogens with zero attached hydrogens (tertiary/aromatic N) is 1. The molecule has 2 aromatic rings. The fraction of sp³-hybridized carbons (Fsp3) is 0.429. The van der Waals surface area contributed by atoms with E-state index < -0.39 is 22.7 Å². The molecule has 3 rings (SSSR count). The molecule has 19 heavy (non-hydrogen) atoms. The smallest absolute Gasteiger partial charge is 0.372 e. The number of hydrogen-bond acceptors (Lipinski definition) is 3. The Morgan fingerprint density at radius 2 is 2.05 bits per heavy atom. The van der Waals surface area contributed by atoms with Gasteiger partial charge < -0.3 is 4.42 Å². The van der Waals surface area contributed by atoms with Gasteiger partial charge in [-0.1, -0.05) is 6.92 Å². The summed E-state index contributed by atoms with van der Waals surface area (Å²) in [7, 11) is 0. The largest absolute Gasteiger partial charge is 0.422 e. The number of benzene rings is 1. The van der Waals surface area contributed by atoms with Crippen LogP contribution in [0.1, 0.15) is 38.7 Å². The van der Waals surface area contributed by atoms with Crippen LogP contribution < -0.4 is 11.4 Å². The van der Waals surface area contributed by atoms with Gasteiger partial charge >= 0.3 is 11.4 Å². The summed E-state index contributed by atoms with van der Waals surface area (Å²) in [6.45, 7) is 5.80. The number of rotatable bonds is 0. The predicted molar refractivity (Wildman–Crippen MR) is 69.1 cm³/mol. The van der Waals surface area contributed by atoms with Crippen LogP contribution in [0, 0.1) is 5.82 Å². The van der Waals surface area contributed by atoms with Gasteiger partial charge in [-0.05, 0) is 43.9 Å². The minimum absolute atomic E-state index is 0.0781. The average Bonchev–Trinajstić information content (AvgIpc) is 2.27. The zero-order valence-corrected chi connectivity index (χ0v) is 11.0. The van der Waals surface area contributed by atoms with Crippen molar-refractivity contribution in [2.24, 2.45) is 0 Å². The molecule has 1 atom stereocenters. The van der Waals surface area contributed by atoms with Crippen molar-refractivity contribution >= 4 is 10.9 Å². The molecule has 0 radical (unpaired) electrons. The highest BCUT2D eigenvalue weighted by molar-refractivity contribution is 5.82. The monoisotopic (exact) mass is 263 g/mol. The number of halogens is 1. The highest BCUT2D eigenvalue weighted by Gasteiger charge is 2.34. The first kappa shape index (κ1) is 12.1. The second-order valence-corrected chi connectivity index (χ2v) is 5.80. The third-order valence-electron chi connectivity index (χ3n) is 3.85. The van der Waals surface area contributed by atoms with Crippen LogP contribution in [0.5, 0.6) is 0 Å². The maximum Gasteiger partial charge on any atom is 0.422 e. The Balaban J connectivity index is 2.65. The van der Waals surface area contributed by atoms with Crippen LogP contribution in [-0.2, 0) is 5.54 Å². The van der Waals surface area contributed by atoms with Crippen molar-refractivity contribution in [3.8, 4) is 0 Å². The number of hydrogen-bond donors (Lipinski definition) is 0. The third kappa shape index (κ3) is 1.57. The molecule has 0 bridgehead atoms. The molecule has 1 aromatic carbocycles. The standard InChI is InChI=1S/C14H14FNO3/c1-7-6-14(2,3)16-11-9(7)4-8(15)5-10(11)12(17)19-13(16)18/h4-5,7H,6H2,1-3H3/t7-/m0/s1. The lowest BCUT2D eigenvalue weighted by atomic mass is 9.82. The van der Waals surface area contributed by atoms with Gasteiger partial charge in [0.1, 0.15) is 5.82 Å². The fourth-order valence-corrected chi connectivity index (χ4v) is 3.17. The SMILES string of the molecule is C[C@H]1CC(C)(C)n2c(=O)oc(=O)c3cc(F)cc1c32. The molecule has 0 fully saturated rings. The first-order chi connectivity index (χ1) is 8.81. The van der Waals surface area contributed by atoms with Gasteiger partial charge in [-0.3, -0.25) is 4.57 Å². The van der Waals surface area contributed by atoms with Crippen LogP contribution in [0.2, 0.25) is 0 Å². The van der Waals surface area contributed by atoms with E-state index in [1.54, 1.807) is 0 Å². The van der Waals surface area contributed by atoms with E-state index in [4.69, 9.17) is 4.42 Å². The lowest BCUT2D eigenvalue weighted by Crippen LogP contribution is -2.42. The van der Waals surface area contributed by atoms with Gasteiger partial charge in [0.2, 0.25) is 0 Å². The van der Waals surface area contributed by atoms with Crippen LogP contribution in [-0.4, -0.2) is 4.57 Å². The summed E-state index contributed by atoms with van der Waals surface area (Å²) in [5.74, 6) is -1.08. The van der Waals surface area contributed by atoms with Gasteiger partial charge in [0.25, 0.3) is 0 Å². The van der Waals surface area contributed by atoms with E-state index in [0.717, 1.165) is 6.07 Å². The van der Waals surface area contributed by atoms with E-state index >= 15 is 0 Å². The molecule has 5 heteroatoms. The molecule has 1 aromatic heterocycles. The van der Waals surface area contributed by atoms with Crippen LogP contribution in [0.4, 0.5) is 4.39 Å². The van der Waals surface area contributed by atoms with Crippen molar-refractivity contribution in [1.29, 1.82) is 0 Å².